The monoisotopic (exact) mass is 526 g/mol. The summed E-state index contributed by atoms with van der Waals surface area (Å²) in [5, 5.41) is 0. The first-order valence-corrected chi connectivity index (χ1v) is 14.4. The molecule has 0 spiro atoms. The van der Waals surface area contributed by atoms with Gasteiger partial charge >= 0.3 is 0 Å². The SMILES string of the molecule is SCCCCOc1ccc(C2(c3ccc(OCCCCS)cc3)c3ccccc3-c3ccccc32)cc1. The number of hydrogen-bond acceptors (Lipinski definition) is 4. The van der Waals surface area contributed by atoms with E-state index in [4.69, 9.17) is 9.47 Å². The molecule has 0 N–H and O–H groups in total. The lowest BCUT2D eigenvalue weighted by Crippen LogP contribution is -2.28. The summed E-state index contributed by atoms with van der Waals surface area (Å²) >= 11 is 8.60. The Hall–Kier alpha value is -2.82. The van der Waals surface area contributed by atoms with Crippen LogP contribution in [0.4, 0.5) is 0 Å². The van der Waals surface area contributed by atoms with Crippen LogP contribution in [-0.2, 0) is 5.41 Å². The minimum absolute atomic E-state index is 0.414. The van der Waals surface area contributed by atoms with Gasteiger partial charge in [0.15, 0.2) is 0 Å². The average Bonchev–Trinajstić information content (AvgIpc) is 3.25. The fraction of sp³-hybridized carbons (Fsp3) is 0.273. The van der Waals surface area contributed by atoms with Crippen LogP contribution in [0.5, 0.6) is 11.5 Å². The molecular weight excluding hydrogens is 492 g/mol. The van der Waals surface area contributed by atoms with E-state index in [2.05, 4.69) is 122 Å². The Morgan fingerprint density at radius 2 is 0.892 bits per heavy atom. The van der Waals surface area contributed by atoms with Gasteiger partial charge in [-0.05, 0) is 94.8 Å². The highest BCUT2D eigenvalue weighted by molar-refractivity contribution is 7.80. The van der Waals surface area contributed by atoms with Crippen molar-refractivity contribution < 1.29 is 9.47 Å². The maximum absolute atomic E-state index is 6.02. The highest BCUT2D eigenvalue weighted by atomic mass is 32.1. The van der Waals surface area contributed by atoms with Crippen molar-refractivity contribution in [2.75, 3.05) is 24.7 Å². The smallest absolute Gasteiger partial charge is 0.119 e. The first-order chi connectivity index (χ1) is 18.3. The van der Waals surface area contributed by atoms with Gasteiger partial charge in [0.2, 0.25) is 0 Å². The van der Waals surface area contributed by atoms with Gasteiger partial charge < -0.3 is 9.47 Å². The number of rotatable bonds is 12. The molecule has 0 bridgehead atoms. The molecular formula is C33H34O2S2. The number of unbranched alkanes of at least 4 members (excludes halogenated alkanes) is 2. The lowest BCUT2D eigenvalue weighted by atomic mass is 9.68. The van der Waals surface area contributed by atoms with Crippen LogP contribution in [0.1, 0.15) is 47.9 Å². The predicted molar refractivity (Wildman–Crippen MR) is 161 cm³/mol. The fourth-order valence-electron chi connectivity index (χ4n) is 5.43. The number of fused-ring (bicyclic) bond motifs is 3. The van der Waals surface area contributed by atoms with Crippen molar-refractivity contribution in [3.63, 3.8) is 0 Å². The second kappa shape index (κ2) is 12.1. The topological polar surface area (TPSA) is 18.5 Å². The van der Waals surface area contributed by atoms with Gasteiger partial charge in [0, 0.05) is 0 Å². The average molecular weight is 527 g/mol. The van der Waals surface area contributed by atoms with Crippen molar-refractivity contribution in [3.05, 3.63) is 119 Å². The van der Waals surface area contributed by atoms with E-state index in [0.717, 1.165) is 48.7 Å². The molecule has 5 rings (SSSR count). The summed E-state index contributed by atoms with van der Waals surface area (Å²) in [5.41, 5.74) is 7.24. The Balaban J connectivity index is 1.57. The molecule has 0 saturated carbocycles. The quantitative estimate of drug-likeness (QED) is 0.126. The van der Waals surface area contributed by atoms with Crippen LogP contribution in [0.2, 0.25) is 0 Å². The zero-order valence-corrected chi connectivity index (χ0v) is 22.9. The van der Waals surface area contributed by atoms with Gasteiger partial charge in [-0.15, -0.1) is 0 Å². The highest BCUT2D eigenvalue weighted by Crippen LogP contribution is 2.56. The Morgan fingerprint density at radius 3 is 1.30 bits per heavy atom. The van der Waals surface area contributed by atoms with Crippen molar-refractivity contribution in [2.45, 2.75) is 31.1 Å². The molecule has 190 valence electrons. The van der Waals surface area contributed by atoms with Gasteiger partial charge in [0.1, 0.15) is 11.5 Å². The maximum atomic E-state index is 6.02. The third kappa shape index (κ3) is 5.15. The molecule has 0 aliphatic heterocycles. The van der Waals surface area contributed by atoms with Crippen LogP contribution >= 0.6 is 25.3 Å². The second-order valence-electron chi connectivity index (χ2n) is 9.45. The first-order valence-electron chi connectivity index (χ1n) is 13.2. The summed E-state index contributed by atoms with van der Waals surface area (Å²) in [6, 6.07) is 35.0. The summed E-state index contributed by atoms with van der Waals surface area (Å²) < 4.78 is 12.0. The molecule has 2 nitrogen and oxygen atoms in total. The van der Waals surface area contributed by atoms with Crippen molar-refractivity contribution in [1.82, 2.24) is 0 Å². The molecule has 1 aliphatic rings. The molecule has 0 heterocycles. The second-order valence-corrected chi connectivity index (χ2v) is 10.3. The lowest BCUT2D eigenvalue weighted by molar-refractivity contribution is 0.310. The summed E-state index contributed by atoms with van der Waals surface area (Å²) in [6.07, 6.45) is 4.15. The molecule has 4 aromatic rings. The van der Waals surface area contributed by atoms with E-state index >= 15 is 0 Å². The van der Waals surface area contributed by atoms with Gasteiger partial charge in [-0.25, -0.2) is 0 Å². The van der Waals surface area contributed by atoms with Gasteiger partial charge in [-0.2, -0.15) is 25.3 Å². The Morgan fingerprint density at radius 1 is 0.486 bits per heavy atom. The van der Waals surface area contributed by atoms with Crippen LogP contribution in [0.3, 0.4) is 0 Å². The standard InChI is InChI=1S/C33H34O2S2/c36-23-7-5-21-34-27-17-13-25(14-18-27)33(26-15-19-28(20-16-26)35-22-6-8-24-37)31-11-3-1-9-29(31)30-10-2-4-12-32(30)33/h1-4,9-20,36-37H,5-8,21-24H2. The van der Waals surface area contributed by atoms with Crippen LogP contribution < -0.4 is 9.47 Å². The molecule has 0 aromatic heterocycles. The van der Waals surface area contributed by atoms with Crippen LogP contribution in [0, 0.1) is 0 Å². The molecule has 4 heteroatoms. The Bertz CT molecular complexity index is 1200. The Labute approximate surface area is 231 Å². The van der Waals surface area contributed by atoms with Crippen LogP contribution in [0.25, 0.3) is 11.1 Å². The maximum Gasteiger partial charge on any atom is 0.119 e. The van der Waals surface area contributed by atoms with Gasteiger partial charge in [0.25, 0.3) is 0 Å². The molecule has 1 aliphatic carbocycles. The zero-order valence-electron chi connectivity index (χ0n) is 21.1. The molecule has 0 unspecified atom stereocenters. The van der Waals surface area contributed by atoms with Crippen molar-refractivity contribution >= 4 is 25.3 Å². The summed E-state index contributed by atoms with van der Waals surface area (Å²) in [4.78, 5) is 0. The van der Waals surface area contributed by atoms with Crippen molar-refractivity contribution in [3.8, 4) is 22.6 Å². The summed E-state index contributed by atoms with van der Waals surface area (Å²) in [7, 11) is 0. The minimum Gasteiger partial charge on any atom is -0.494 e. The van der Waals surface area contributed by atoms with E-state index in [1.807, 2.05) is 0 Å². The fourth-order valence-corrected chi connectivity index (χ4v) is 5.88. The van der Waals surface area contributed by atoms with E-state index in [9.17, 15) is 0 Å². The molecule has 0 radical (unpaired) electrons. The number of benzene rings is 4. The van der Waals surface area contributed by atoms with Gasteiger partial charge in [-0.3, -0.25) is 0 Å². The first kappa shape index (κ1) is 25.8. The van der Waals surface area contributed by atoms with Crippen LogP contribution in [-0.4, -0.2) is 24.7 Å². The van der Waals surface area contributed by atoms with E-state index in [-0.39, 0.29) is 0 Å². The predicted octanol–water partition coefficient (Wildman–Crippen LogP) is 8.23. The zero-order chi connectivity index (χ0) is 25.5. The molecule has 0 saturated heterocycles. The lowest BCUT2D eigenvalue weighted by Gasteiger charge is -2.34. The van der Waals surface area contributed by atoms with E-state index in [1.165, 1.54) is 33.4 Å². The summed E-state index contributed by atoms with van der Waals surface area (Å²) in [5.74, 6) is 3.59. The molecule has 0 atom stereocenters. The largest absolute Gasteiger partial charge is 0.494 e. The minimum atomic E-state index is -0.414. The summed E-state index contributed by atoms with van der Waals surface area (Å²) in [6.45, 7) is 1.43. The van der Waals surface area contributed by atoms with Gasteiger partial charge in [0.05, 0.1) is 18.6 Å². The third-order valence-corrected chi connectivity index (χ3v) is 7.80. The number of hydrogen-bond donors (Lipinski definition) is 2. The van der Waals surface area contributed by atoms with Crippen molar-refractivity contribution in [1.29, 1.82) is 0 Å². The molecule has 4 aromatic carbocycles. The highest BCUT2D eigenvalue weighted by Gasteiger charge is 2.45. The Kier molecular flexibility index (Phi) is 8.48. The van der Waals surface area contributed by atoms with E-state index in [0.29, 0.717) is 13.2 Å². The van der Waals surface area contributed by atoms with Gasteiger partial charge in [-0.1, -0.05) is 72.8 Å². The number of thiol groups is 2. The normalized spacial score (nSPS) is 13.1. The van der Waals surface area contributed by atoms with E-state index in [1.54, 1.807) is 0 Å². The molecule has 0 amide bonds. The molecule has 0 fully saturated rings. The third-order valence-electron chi connectivity index (χ3n) is 7.17. The molecule has 37 heavy (non-hydrogen) atoms. The van der Waals surface area contributed by atoms with Crippen LogP contribution in [0.15, 0.2) is 97.1 Å². The van der Waals surface area contributed by atoms with Crippen molar-refractivity contribution in [2.24, 2.45) is 0 Å². The number of ether oxygens (including phenoxy) is 2. The van der Waals surface area contributed by atoms with E-state index < -0.39 is 5.41 Å².